The maximum absolute atomic E-state index is 12.9. The monoisotopic (exact) mass is 490 g/mol. The predicted octanol–water partition coefficient (Wildman–Crippen LogP) is 1.35. The van der Waals surface area contributed by atoms with Gasteiger partial charge in [0, 0.05) is 57.9 Å². The van der Waals surface area contributed by atoms with Crippen molar-refractivity contribution in [3.63, 3.8) is 0 Å². The molecule has 1 fully saturated rings. The zero-order valence-electron chi connectivity index (χ0n) is 19.2. The van der Waals surface area contributed by atoms with Crippen molar-refractivity contribution in [1.82, 2.24) is 9.21 Å². The van der Waals surface area contributed by atoms with Crippen LogP contribution in [0.2, 0.25) is 0 Å². The molecule has 0 saturated carbocycles. The van der Waals surface area contributed by atoms with Gasteiger partial charge in [-0.25, -0.2) is 8.42 Å². The number of β-amino-alcohol motifs (C(OH)–C–C–N with tert-alkyl or cyclic N) is 1. The fraction of sp³-hybridized carbons (Fsp3) is 0.391. The summed E-state index contributed by atoms with van der Waals surface area (Å²) in [4.78, 5) is 24.4. The summed E-state index contributed by atoms with van der Waals surface area (Å²) in [7, 11) is -3.64. The van der Waals surface area contributed by atoms with Gasteiger partial charge < -0.3 is 20.5 Å². The Kier molecular flexibility index (Phi) is 8.61. The van der Waals surface area contributed by atoms with Gasteiger partial charge in [-0.3, -0.25) is 14.5 Å². The molecule has 2 aromatic rings. The number of rotatable bonds is 9. The number of nitrogens with one attached hydrogen (secondary N) is 2. The normalized spacial score (nSPS) is 16.0. The van der Waals surface area contributed by atoms with E-state index in [1.54, 1.807) is 36.4 Å². The zero-order chi connectivity index (χ0) is 24.7. The second-order valence-electron chi connectivity index (χ2n) is 8.08. The number of ether oxygens (including phenoxy) is 1. The van der Waals surface area contributed by atoms with Crippen LogP contribution in [0, 0.1) is 0 Å². The van der Waals surface area contributed by atoms with Gasteiger partial charge in [-0.1, -0.05) is 0 Å². The summed E-state index contributed by atoms with van der Waals surface area (Å²) in [6.45, 7) is 4.89. The van der Waals surface area contributed by atoms with Crippen LogP contribution in [0.4, 0.5) is 11.4 Å². The predicted molar refractivity (Wildman–Crippen MR) is 128 cm³/mol. The lowest BCUT2D eigenvalue weighted by atomic mass is 10.3. The molecular weight excluding hydrogens is 460 g/mol. The van der Waals surface area contributed by atoms with Gasteiger partial charge in [0.15, 0.2) is 0 Å². The molecule has 0 aliphatic carbocycles. The van der Waals surface area contributed by atoms with Gasteiger partial charge >= 0.3 is 0 Å². The van der Waals surface area contributed by atoms with Crippen molar-refractivity contribution in [2.24, 2.45) is 0 Å². The van der Waals surface area contributed by atoms with Gasteiger partial charge in [-0.2, -0.15) is 4.31 Å². The third kappa shape index (κ3) is 7.26. The molecule has 3 rings (SSSR count). The van der Waals surface area contributed by atoms with Crippen molar-refractivity contribution in [3.8, 4) is 5.75 Å². The van der Waals surface area contributed by atoms with Gasteiger partial charge in [-0.15, -0.1) is 0 Å². The van der Waals surface area contributed by atoms with E-state index in [0.717, 1.165) is 0 Å². The molecule has 0 spiro atoms. The highest BCUT2D eigenvalue weighted by Gasteiger charge is 2.29. The fourth-order valence-electron chi connectivity index (χ4n) is 3.60. The van der Waals surface area contributed by atoms with Crippen LogP contribution in [0.5, 0.6) is 5.75 Å². The number of carbonyl (C=O) groups excluding carboxylic acids is 2. The Balaban J connectivity index is 1.45. The number of aliphatic hydroxyl groups excluding tert-OH is 1. The molecule has 184 valence electrons. The average Bonchev–Trinajstić information content (AvgIpc) is 2.78. The van der Waals surface area contributed by atoms with Crippen LogP contribution in [0.3, 0.4) is 0 Å². The van der Waals surface area contributed by atoms with E-state index >= 15 is 0 Å². The standard InChI is InChI=1S/C23H30N4O6S/c1-17(28)24-19-3-7-22(8-4-19)33-16-21(30)15-26-11-13-27(14-12-26)34(31,32)23-9-5-20(6-10-23)25-18(2)29/h3-10,21,30H,11-16H2,1-2H3,(H,24,28)(H,25,29)/t21-/m0/s1. The lowest BCUT2D eigenvalue weighted by Gasteiger charge is -2.34. The number of anilines is 2. The second-order valence-corrected chi connectivity index (χ2v) is 10.0. The smallest absolute Gasteiger partial charge is 0.243 e. The zero-order valence-corrected chi connectivity index (χ0v) is 20.0. The van der Waals surface area contributed by atoms with E-state index in [1.807, 2.05) is 4.90 Å². The summed E-state index contributed by atoms with van der Waals surface area (Å²) in [5.74, 6) is 0.199. The number of aliphatic hydroxyl groups is 1. The van der Waals surface area contributed by atoms with Gasteiger partial charge in [0.2, 0.25) is 21.8 Å². The number of sulfonamides is 1. The Morgan fingerprint density at radius 1 is 0.912 bits per heavy atom. The molecule has 1 aliphatic rings. The summed E-state index contributed by atoms with van der Waals surface area (Å²) in [5, 5.41) is 15.6. The lowest BCUT2D eigenvalue weighted by molar-refractivity contribution is -0.115. The molecule has 34 heavy (non-hydrogen) atoms. The van der Waals surface area contributed by atoms with Gasteiger partial charge in [0.1, 0.15) is 18.5 Å². The maximum Gasteiger partial charge on any atom is 0.243 e. The molecule has 0 radical (unpaired) electrons. The first-order chi connectivity index (χ1) is 16.1. The van der Waals surface area contributed by atoms with Crippen molar-refractivity contribution in [2.75, 3.05) is 50.0 Å². The first-order valence-corrected chi connectivity index (χ1v) is 12.4. The Morgan fingerprint density at radius 3 is 1.91 bits per heavy atom. The van der Waals surface area contributed by atoms with Crippen LogP contribution >= 0.6 is 0 Å². The Morgan fingerprint density at radius 2 is 1.41 bits per heavy atom. The largest absolute Gasteiger partial charge is 0.491 e. The van der Waals surface area contributed by atoms with Crippen LogP contribution in [0.25, 0.3) is 0 Å². The van der Waals surface area contributed by atoms with Crippen molar-refractivity contribution in [2.45, 2.75) is 24.8 Å². The Bertz CT molecular complexity index is 1080. The number of hydrogen-bond donors (Lipinski definition) is 3. The maximum atomic E-state index is 12.9. The van der Waals surface area contributed by atoms with Crippen molar-refractivity contribution < 1.29 is 27.9 Å². The number of piperazine rings is 1. The molecule has 1 atom stereocenters. The van der Waals surface area contributed by atoms with Gasteiger partial charge in [-0.05, 0) is 48.5 Å². The summed E-state index contributed by atoms with van der Waals surface area (Å²) in [6, 6.07) is 13.0. The van der Waals surface area contributed by atoms with E-state index < -0.39 is 16.1 Å². The highest BCUT2D eigenvalue weighted by molar-refractivity contribution is 7.89. The fourth-order valence-corrected chi connectivity index (χ4v) is 5.02. The third-order valence-electron chi connectivity index (χ3n) is 5.23. The average molecular weight is 491 g/mol. The second kappa shape index (κ2) is 11.4. The number of nitrogens with zero attached hydrogens (tertiary/aromatic N) is 2. The highest BCUT2D eigenvalue weighted by atomic mass is 32.2. The van der Waals surface area contributed by atoms with Crippen molar-refractivity contribution in [1.29, 1.82) is 0 Å². The lowest BCUT2D eigenvalue weighted by Crippen LogP contribution is -2.50. The quantitative estimate of drug-likeness (QED) is 0.484. The van der Waals surface area contributed by atoms with Gasteiger partial charge in [0.05, 0.1) is 4.90 Å². The first-order valence-electron chi connectivity index (χ1n) is 10.9. The Hall–Kier alpha value is -2.99. The highest BCUT2D eigenvalue weighted by Crippen LogP contribution is 2.20. The number of amides is 2. The Labute approximate surface area is 199 Å². The third-order valence-corrected chi connectivity index (χ3v) is 7.14. The number of carbonyl (C=O) groups is 2. The van der Waals surface area contributed by atoms with Crippen LogP contribution < -0.4 is 15.4 Å². The topological polar surface area (TPSA) is 128 Å². The van der Waals surface area contributed by atoms with Crippen LogP contribution in [-0.4, -0.2) is 80.0 Å². The molecule has 1 aliphatic heterocycles. The summed E-state index contributed by atoms with van der Waals surface area (Å²) in [5.41, 5.74) is 1.20. The number of hydrogen-bond acceptors (Lipinski definition) is 7. The van der Waals surface area contributed by atoms with E-state index in [1.165, 1.54) is 30.3 Å². The van der Waals surface area contributed by atoms with Crippen molar-refractivity contribution >= 4 is 33.2 Å². The molecule has 10 nitrogen and oxygen atoms in total. The summed E-state index contributed by atoms with van der Waals surface area (Å²) < 4.78 is 32.9. The molecule has 11 heteroatoms. The molecule has 2 aromatic carbocycles. The minimum atomic E-state index is -3.64. The minimum Gasteiger partial charge on any atom is -0.491 e. The van der Waals surface area contributed by atoms with Crippen LogP contribution in [-0.2, 0) is 19.6 Å². The molecule has 2 amide bonds. The molecule has 0 bridgehead atoms. The van der Waals surface area contributed by atoms with E-state index in [4.69, 9.17) is 4.74 Å². The summed E-state index contributed by atoms with van der Waals surface area (Å²) >= 11 is 0. The van der Waals surface area contributed by atoms with Crippen LogP contribution in [0.15, 0.2) is 53.4 Å². The van der Waals surface area contributed by atoms with Crippen molar-refractivity contribution in [3.05, 3.63) is 48.5 Å². The first kappa shape index (κ1) is 25.6. The van der Waals surface area contributed by atoms with E-state index in [2.05, 4.69) is 10.6 Å². The molecule has 1 heterocycles. The van der Waals surface area contributed by atoms with E-state index in [9.17, 15) is 23.1 Å². The van der Waals surface area contributed by atoms with E-state index in [-0.39, 0.29) is 23.3 Å². The minimum absolute atomic E-state index is 0.0959. The van der Waals surface area contributed by atoms with Gasteiger partial charge in [0.25, 0.3) is 0 Å². The summed E-state index contributed by atoms with van der Waals surface area (Å²) in [6.07, 6.45) is -0.737. The number of benzene rings is 2. The molecule has 0 aromatic heterocycles. The molecule has 0 unspecified atom stereocenters. The SMILES string of the molecule is CC(=O)Nc1ccc(OC[C@@H](O)CN2CCN(S(=O)(=O)c3ccc(NC(C)=O)cc3)CC2)cc1. The molecule has 1 saturated heterocycles. The van der Waals surface area contributed by atoms with Crippen LogP contribution in [0.1, 0.15) is 13.8 Å². The van der Waals surface area contributed by atoms with E-state index in [0.29, 0.717) is 49.8 Å². The molecular formula is C23H30N4O6S. The molecule has 3 N–H and O–H groups in total.